The van der Waals surface area contributed by atoms with Crippen molar-refractivity contribution in [1.82, 2.24) is 9.88 Å². The van der Waals surface area contributed by atoms with Gasteiger partial charge in [0.05, 0.1) is 6.54 Å². The molecule has 0 atom stereocenters. The zero-order chi connectivity index (χ0) is 16.9. The lowest BCUT2D eigenvalue weighted by molar-refractivity contribution is 0.0948. The maximum absolute atomic E-state index is 12.9. The number of amides is 1. The fraction of sp³-hybridized carbons (Fsp3) is 0.100. The summed E-state index contributed by atoms with van der Waals surface area (Å²) in [7, 11) is 0. The average molecular weight is 318 g/mol. The Kier molecular flexibility index (Phi) is 4.57. The van der Waals surface area contributed by atoms with E-state index in [0.717, 1.165) is 10.9 Å². The monoisotopic (exact) mass is 318 g/mol. The number of carbonyl (C=O) groups excluding carboxylic acids is 1. The molecule has 0 radical (unpaired) electrons. The molecular weight excluding hydrogens is 300 g/mol. The van der Waals surface area contributed by atoms with Gasteiger partial charge < -0.3 is 5.32 Å². The van der Waals surface area contributed by atoms with Crippen LogP contribution in [0.25, 0.3) is 10.8 Å². The molecule has 0 saturated heterocycles. The minimum atomic E-state index is -0.284. The van der Waals surface area contributed by atoms with Crippen LogP contribution in [0.5, 0.6) is 0 Å². The Morgan fingerprint density at radius 1 is 1.08 bits per heavy atom. The molecule has 1 N–H and O–H groups in total. The molecule has 24 heavy (non-hydrogen) atoms. The number of hydrogen-bond acceptors (Lipinski definition) is 2. The SMILES string of the molecule is C=CCNC(=O)c1cc2ccccc2c(=O)n1Cc1ccccc1. The van der Waals surface area contributed by atoms with Gasteiger partial charge in [0.2, 0.25) is 0 Å². The topological polar surface area (TPSA) is 51.1 Å². The van der Waals surface area contributed by atoms with E-state index >= 15 is 0 Å². The Hall–Kier alpha value is -3.14. The highest BCUT2D eigenvalue weighted by molar-refractivity contribution is 5.96. The molecular formula is C20H18N2O2. The van der Waals surface area contributed by atoms with Crippen molar-refractivity contribution in [2.45, 2.75) is 6.54 Å². The average Bonchev–Trinajstić information content (AvgIpc) is 2.63. The van der Waals surface area contributed by atoms with Gasteiger partial charge in [-0.05, 0) is 23.1 Å². The molecule has 0 unspecified atom stereocenters. The van der Waals surface area contributed by atoms with Gasteiger partial charge in [0.25, 0.3) is 11.5 Å². The van der Waals surface area contributed by atoms with E-state index < -0.39 is 0 Å². The summed E-state index contributed by atoms with van der Waals surface area (Å²) in [6.07, 6.45) is 1.61. The van der Waals surface area contributed by atoms with E-state index in [1.54, 1.807) is 18.2 Å². The molecule has 0 saturated carbocycles. The predicted molar refractivity (Wildman–Crippen MR) is 96.3 cm³/mol. The van der Waals surface area contributed by atoms with Crippen LogP contribution in [0.2, 0.25) is 0 Å². The van der Waals surface area contributed by atoms with Crippen LogP contribution in [0.4, 0.5) is 0 Å². The maximum atomic E-state index is 12.9. The van der Waals surface area contributed by atoms with E-state index in [1.807, 2.05) is 48.5 Å². The number of pyridine rings is 1. The molecule has 0 aliphatic heterocycles. The third-order valence-electron chi connectivity index (χ3n) is 3.84. The number of benzene rings is 2. The minimum Gasteiger partial charge on any atom is -0.347 e. The summed E-state index contributed by atoms with van der Waals surface area (Å²) in [4.78, 5) is 25.4. The van der Waals surface area contributed by atoms with Crippen LogP contribution in [0.1, 0.15) is 16.1 Å². The highest BCUT2D eigenvalue weighted by Gasteiger charge is 2.15. The minimum absolute atomic E-state index is 0.166. The number of rotatable bonds is 5. The third kappa shape index (κ3) is 3.13. The highest BCUT2D eigenvalue weighted by atomic mass is 16.2. The molecule has 0 fully saturated rings. The van der Waals surface area contributed by atoms with Gasteiger partial charge in [0, 0.05) is 11.9 Å². The van der Waals surface area contributed by atoms with Gasteiger partial charge in [-0.25, -0.2) is 0 Å². The van der Waals surface area contributed by atoms with Crippen molar-refractivity contribution in [3.63, 3.8) is 0 Å². The summed E-state index contributed by atoms with van der Waals surface area (Å²) in [5.74, 6) is -0.284. The Bertz CT molecular complexity index is 943. The summed E-state index contributed by atoms with van der Waals surface area (Å²) in [5, 5.41) is 4.12. The molecule has 0 aliphatic rings. The standard InChI is InChI=1S/C20H18N2O2/c1-2-12-21-19(23)18-13-16-10-6-7-11-17(16)20(24)22(18)14-15-8-4-3-5-9-15/h2-11,13H,1,12,14H2,(H,21,23). The maximum Gasteiger partial charge on any atom is 0.268 e. The van der Waals surface area contributed by atoms with Gasteiger partial charge in [-0.3, -0.25) is 14.2 Å². The third-order valence-corrected chi connectivity index (χ3v) is 3.84. The molecule has 4 nitrogen and oxygen atoms in total. The van der Waals surface area contributed by atoms with E-state index in [0.29, 0.717) is 24.2 Å². The van der Waals surface area contributed by atoms with Crippen LogP contribution < -0.4 is 10.9 Å². The molecule has 1 amide bonds. The first kappa shape index (κ1) is 15.7. The Morgan fingerprint density at radius 3 is 2.54 bits per heavy atom. The molecule has 1 heterocycles. The number of aromatic nitrogens is 1. The second-order valence-corrected chi connectivity index (χ2v) is 5.49. The number of nitrogens with zero attached hydrogens (tertiary/aromatic N) is 1. The quantitative estimate of drug-likeness (QED) is 0.735. The second kappa shape index (κ2) is 6.96. The van der Waals surface area contributed by atoms with Gasteiger partial charge in [-0.15, -0.1) is 6.58 Å². The van der Waals surface area contributed by atoms with Crippen LogP contribution in [0, 0.1) is 0 Å². The molecule has 1 aromatic heterocycles. The van der Waals surface area contributed by atoms with E-state index in [4.69, 9.17) is 0 Å². The number of hydrogen-bond donors (Lipinski definition) is 1. The van der Waals surface area contributed by atoms with Crippen molar-refractivity contribution < 1.29 is 4.79 Å². The van der Waals surface area contributed by atoms with Crippen molar-refractivity contribution in [2.24, 2.45) is 0 Å². The summed E-state index contributed by atoms with van der Waals surface area (Å²) >= 11 is 0. The van der Waals surface area contributed by atoms with Crippen molar-refractivity contribution in [2.75, 3.05) is 6.54 Å². The summed E-state index contributed by atoms with van der Waals surface area (Å²) in [6.45, 7) is 4.30. The number of fused-ring (bicyclic) bond motifs is 1. The Labute approximate surface area is 140 Å². The van der Waals surface area contributed by atoms with Gasteiger partial charge in [0.1, 0.15) is 5.69 Å². The number of nitrogens with one attached hydrogen (secondary N) is 1. The molecule has 3 rings (SSSR count). The van der Waals surface area contributed by atoms with Crippen LogP contribution >= 0.6 is 0 Å². The van der Waals surface area contributed by atoms with Crippen LogP contribution in [-0.4, -0.2) is 17.0 Å². The van der Waals surface area contributed by atoms with E-state index in [-0.39, 0.29) is 11.5 Å². The van der Waals surface area contributed by atoms with Crippen molar-refractivity contribution in [3.8, 4) is 0 Å². The molecule has 4 heteroatoms. The first-order valence-electron chi connectivity index (χ1n) is 7.76. The first-order valence-corrected chi connectivity index (χ1v) is 7.76. The second-order valence-electron chi connectivity index (χ2n) is 5.49. The molecule has 0 bridgehead atoms. The lowest BCUT2D eigenvalue weighted by Gasteiger charge is -2.14. The van der Waals surface area contributed by atoms with Crippen molar-refractivity contribution in [3.05, 3.63) is 94.9 Å². The van der Waals surface area contributed by atoms with Crippen molar-refractivity contribution >= 4 is 16.7 Å². The fourth-order valence-electron chi connectivity index (χ4n) is 2.66. The van der Waals surface area contributed by atoms with Crippen LogP contribution in [0.15, 0.2) is 78.1 Å². The van der Waals surface area contributed by atoms with Crippen LogP contribution in [0.3, 0.4) is 0 Å². The smallest absolute Gasteiger partial charge is 0.268 e. The molecule has 3 aromatic rings. The summed E-state index contributed by atoms with van der Waals surface area (Å²) in [5.41, 5.74) is 1.15. The predicted octanol–water partition coefficient (Wildman–Crippen LogP) is 2.97. The zero-order valence-corrected chi connectivity index (χ0v) is 13.2. The van der Waals surface area contributed by atoms with Gasteiger partial charge >= 0.3 is 0 Å². The molecule has 2 aromatic carbocycles. The molecule has 0 aliphatic carbocycles. The highest BCUT2D eigenvalue weighted by Crippen LogP contribution is 2.13. The zero-order valence-electron chi connectivity index (χ0n) is 13.2. The van der Waals surface area contributed by atoms with Gasteiger partial charge in [0.15, 0.2) is 0 Å². The lowest BCUT2D eigenvalue weighted by Crippen LogP contribution is -2.32. The molecule has 0 spiro atoms. The molecule has 120 valence electrons. The first-order chi connectivity index (χ1) is 11.7. The van der Waals surface area contributed by atoms with E-state index in [1.165, 1.54) is 4.57 Å². The normalized spacial score (nSPS) is 10.5. The fourth-order valence-corrected chi connectivity index (χ4v) is 2.66. The lowest BCUT2D eigenvalue weighted by atomic mass is 10.1. The van der Waals surface area contributed by atoms with Crippen molar-refractivity contribution in [1.29, 1.82) is 0 Å². The van der Waals surface area contributed by atoms with Gasteiger partial charge in [-0.2, -0.15) is 0 Å². The summed E-state index contributed by atoms with van der Waals surface area (Å²) in [6, 6.07) is 18.7. The Morgan fingerprint density at radius 2 is 1.79 bits per heavy atom. The largest absolute Gasteiger partial charge is 0.347 e. The van der Waals surface area contributed by atoms with Crippen LogP contribution in [-0.2, 0) is 6.54 Å². The van der Waals surface area contributed by atoms with E-state index in [2.05, 4.69) is 11.9 Å². The van der Waals surface area contributed by atoms with E-state index in [9.17, 15) is 9.59 Å². The number of carbonyl (C=O) groups is 1. The Balaban J connectivity index is 2.16. The summed E-state index contributed by atoms with van der Waals surface area (Å²) < 4.78 is 1.52. The van der Waals surface area contributed by atoms with Gasteiger partial charge in [-0.1, -0.05) is 54.6 Å².